The van der Waals surface area contributed by atoms with Crippen molar-refractivity contribution in [3.8, 4) is 0 Å². The fourth-order valence-corrected chi connectivity index (χ4v) is 3.90. The molecule has 3 heterocycles. The zero-order chi connectivity index (χ0) is 20.4. The number of halogens is 2. The first-order chi connectivity index (χ1) is 14.0. The lowest BCUT2D eigenvalue weighted by Crippen LogP contribution is -2.46. The molecule has 0 aliphatic carbocycles. The number of fused-ring (bicyclic) bond motifs is 3. The molecule has 2 aliphatic heterocycles. The van der Waals surface area contributed by atoms with Crippen LogP contribution in [-0.4, -0.2) is 59.7 Å². The largest absolute Gasteiger partial charge is 0.384 e. The summed E-state index contributed by atoms with van der Waals surface area (Å²) in [5.41, 5.74) is 6.41. The molecule has 2 N–H and O–H groups in total. The summed E-state index contributed by atoms with van der Waals surface area (Å²) in [4.78, 5) is 25.4. The number of hydrogen-bond donors (Lipinski definition) is 1. The Labute approximate surface area is 167 Å². The van der Waals surface area contributed by atoms with Crippen LogP contribution >= 0.6 is 0 Å². The molecule has 2 fully saturated rings. The fraction of sp³-hybridized carbons (Fsp3) is 0.450. The number of benzene rings is 1. The van der Waals surface area contributed by atoms with Crippen molar-refractivity contribution >= 4 is 17.7 Å². The first-order valence-corrected chi connectivity index (χ1v) is 9.64. The number of nitrogens with two attached hydrogens (primary N) is 1. The summed E-state index contributed by atoms with van der Waals surface area (Å²) in [6.07, 6.45) is 2.22. The van der Waals surface area contributed by atoms with E-state index in [0.717, 1.165) is 12.1 Å². The third-order valence-electron chi connectivity index (χ3n) is 5.35. The van der Waals surface area contributed by atoms with Crippen LogP contribution in [0.3, 0.4) is 0 Å². The Morgan fingerprint density at radius 3 is 2.83 bits per heavy atom. The summed E-state index contributed by atoms with van der Waals surface area (Å²) in [7, 11) is 0. The zero-order valence-electron chi connectivity index (χ0n) is 15.9. The van der Waals surface area contributed by atoms with E-state index in [-0.39, 0.29) is 24.3 Å². The van der Waals surface area contributed by atoms with Gasteiger partial charge in [0.1, 0.15) is 5.82 Å². The highest BCUT2D eigenvalue weighted by molar-refractivity contribution is 5.76. The average Bonchev–Trinajstić information content (AvgIpc) is 3.00. The van der Waals surface area contributed by atoms with Gasteiger partial charge in [0.05, 0.1) is 19.3 Å². The Morgan fingerprint density at radius 2 is 2.03 bits per heavy atom. The predicted octanol–water partition coefficient (Wildman–Crippen LogP) is 1.63. The van der Waals surface area contributed by atoms with Crippen molar-refractivity contribution in [3.63, 3.8) is 0 Å². The normalized spacial score (nSPS) is 21.7. The Hall–Kier alpha value is -2.81. The number of carbonyl (C=O) groups excluding carboxylic acids is 1. The van der Waals surface area contributed by atoms with E-state index in [9.17, 15) is 13.6 Å². The molecule has 2 bridgehead atoms. The van der Waals surface area contributed by atoms with Crippen molar-refractivity contribution in [1.82, 2.24) is 14.9 Å². The molecular weight excluding hydrogens is 380 g/mol. The van der Waals surface area contributed by atoms with Crippen LogP contribution in [0.15, 0.2) is 30.5 Å². The number of aromatic nitrogens is 2. The van der Waals surface area contributed by atoms with Gasteiger partial charge in [-0.05, 0) is 30.2 Å². The molecule has 2 atom stereocenters. The van der Waals surface area contributed by atoms with Crippen LogP contribution < -0.4 is 10.6 Å². The molecule has 7 nitrogen and oxygen atoms in total. The highest BCUT2D eigenvalue weighted by Crippen LogP contribution is 2.24. The summed E-state index contributed by atoms with van der Waals surface area (Å²) in [5.74, 6) is -0.726. The third kappa shape index (κ3) is 4.45. The van der Waals surface area contributed by atoms with Gasteiger partial charge in [-0.3, -0.25) is 4.79 Å². The Kier molecular flexibility index (Phi) is 5.57. The SMILES string of the molecule is Nc1ccnc(N2C[C@H]3COC[C@@H]2CN(C(=O)CCc2ccc(F)c(F)c2)C3)n1. The van der Waals surface area contributed by atoms with E-state index in [1.54, 1.807) is 12.3 Å². The monoisotopic (exact) mass is 403 g/mol. The van der Waals surface area contributed by atoms with Crippen molar-refractivity contribution in [1.29, 1.82) is 0 Å². The van der Waals surface area contributed by atoms with E-state index in [1.807, 2.05) is 4.90 Å². The molecule has 29 heavy (non-hydrogen) atoms. The first kappa shape index (κ1) is 19.5. The molecule has 1 aromatic carbocycles. The summed E-state index contributed by atoms with van der Waals surface area (Å²) >= 11 is 0. The van der Waals surface area contributed by atoms with E-state index in [0.29, 0.717) is 56.6 Å². The second-order valence-corrected chi connectivity index (χ2v) is 7.54. The summed E-state index contributed by atoms with van der Waals surface area (Å²) in [6, 6.07) is 5.31. The molecule has 2 aromatic rings. The van der Waals surface area contributed by atoms with Crippen LogP contribution in [0.4, 0.5) is 20.5 Å². The lowest BCUT2D eigenvalue weighted by molar-refractivity contribution is -0.132. The number of hydrogen-bond acceptors (Lipinski definition) is 6. The lowest BCUT2D eigenvalue weighted by atomic mass is 10.1. The average molecular weight is 403 g/mol. The molecule has 4 rings (SSSR count). The van der Waals surface area contributed by atoms with Crippen LogP contribution in [-0.2, 0) is 16.0 Å². The van der Waals surface area contributed by atoms with Gasteiger partial charge in [-0.15, -0.1) is 0 Å². The van der Waals surface area contributed by atoms with Gasteiger partial charge in [-0.2, -0.15) is 4.98 Å². The van der Waals surface area contributed by atoms with Crippen molar-refractivity contribution in [2.45, 2.75) is 18.9 Å². The second kappa shape index (κ2) is 8.28. The molecule has 0 saturated carbocycles. The number of nitrogens with zero attached hydrogens (tertiary/aromatic N) is 4. The number of aryl methyl sites for hydroxylation is 1. The van der Waals surface area contributed by atoms with Gasteiger partial charge in [0.25, 0.3) is 0 Å². The molecule has 1 amide bonds. The van der Waals surface area contributed by atoms with Crippen LogP contribution in [0.2, 0.25) is 0 Å². The van der Waals surface area contributed by atoms with Gasteiger partial charge < -0.3 is 20.3 Å². The van der Waals surface area contributed by atoms with Gasteiger partial charge in [0.15, 0.2) is 11.6 Å². The number of rotatable bonds is 4. The number of ether oxygens (including phenoxy) is 1. The van der Waals surface area contributed by atoms with Crippen molar-refractivity contribution in [3.05, 3.63) is 47.7 Å². The third-order valence-corrected chi connectivity index (χ3v) is 5.35. The van der Waals surface area contributed by atoms with Crippen molar-refractivity contribution in [2.75, 3.05) is 43.5 Å². The number of carbonyl (C=O) groups is 1. The van der Waals surface area contributed by atoms with Gasteiger partial charge >= 0.3 is 0 Å². The minimum Gasteiger partial charge on any atom is -0.384 e. The van der Waals surface area contributed by atoms with E-state index in [2.05, 4.69) is 14.9 Å². The first-order valence-electron chi connectivity index (χ1n) is 9.64. The zero-order valence-corrected chi connectivity index (χ0v) is 15.9. The van der Waals surface area contributed by atoms with Crippen LogP contribution in [0.25, 0.3) is 0 Å². The maximum absolute atomic E-state index is 13.4. The van der Waals surface area contributed by atoms with Crippen LogP contribution in [0, 0.1) is 17.6 Å². The topological polar surface area (TPSA) is 84.6 Å². The maximum atomic E-state index is 13.4. The maximum Gasteiger partial charge on any atom is 0.227 e. The van der Waals surface area contributed by atoms with Crippen molar-refractivity contribution in [2.24, 2.45) is 5.92 Å². The van der Waals surface area contributed by atoms with Crippen molar-refractivity contribution < 1.29 is 18.3 Å². The molecule has 1 aromatic heterocycles. The van der Waals surface area contributed by atoms with E-state index >= 15 is 0 Å². The summed E-state index contributed by atoms with van der Waals surface area (Å²) in [5, 5.41) is 0. The standard InChI is InChI=1S/C20H23F2N5O2/c21-16-3-1-13(7-17(16)22)2-4-19(28)26-8-14-9-27(15(10-26)12-29-11-14)20-24-6-5-18(23)25-20/h1,3,5-7,14-15H,2,4,8-12H2,(H2,23,24,25)/t14-,15-/m0/s1. The molecule has 0 spiro atoms. The quantitative estimate of drug-likeness (QED) is 0.836. The van der Waals surface area contributed by atoms with Gasteiger partial charge in [-0.25, -0.2) is 13.8 Å². The minimum atomic E-state index is -0.894. The number of amides is 1. The second-order valence-electron chi connectivity index (χ2n) is 7.54. The Balaban J connectivity index is 1.45. The molecule has 2 saturated heterocycles. The lowest BCUT2D eigenvalue weighted by Gasteiger charge is -2.31. The summed E-state index contributed by atoms with van der Waals surface area (Å²) in [6.45, 7) is 2.78. The Morgan fingerprint density at radius 1 is 1.17 bits per heavy atom. The number of nitrogen functional groups attached to an aromatic ring is 1. The molecule has 9 heteroatoms. The van der Waals surface area contributed by atoms with E-state index < -0.39 is 11.6 Å². The molecule has 154 valence electrons. The van der Waals surface area contributed by atoms with Gasteiger partial charge in [0.2, 0.25) is 11.9 Å². The fourth-order valence-electron chi connectivity index (χ4n) is 3.90. The Bertz CT molecular complexity index is 897. The van der Waals surface area contributed by atoms with Gasteiger partial charge in [-0.1, -0.05) is 6.07 Å². The highest BCUT2D eigenvalue weighted by atomic mass is 19.2. The summed E-state index contributed by atoms with van der Waals surface area (Å²) < 4.78 is 32.3. The predicted molar refractivity (Wildman–Crippen MR) is 103 cm³/mol. The number of anilines is 2. The minimum absolute atomic E-state index is 0.0121. The molecule has 0 radical (unpaired) electrons. The molecule has 2 aliphatic rings. The smallest absolute Gasteiger partial charge is 0.227 e. The molecule has 0 unspecified atom stereocenters. The van der Waals surface area contributed by atoms with E-state index in [4.69, 9.17) is 10.5 Å². The van der Waals surface area contributed by atoms with Crippen LogP contribution in [0.5, 0.6) is 0 Å². The van der Waals surface area contributed by atoms with E-state index in [1.165, 1.54) is 6.07 Å². The van der Waals surface area contributed by atoms with Crippen LogP contribution in [0.1, 0.15) is 12.0 Å². The highest BCUT2D eigenvalue weighted by Gasteiger charge is 2.36. The van der Waals surface area contributed by atoms with Gasteiger partial charge in [0, 0.05) is 38.2 Å². The molecular formula is C20H23F2N5O2.